The zero-order chi connectivity index (χ0) is 9.97. The van der Waals surface area contributed by atoms with Gasteiger partial charge in [0.1, 0.15) is 4.88 Å². The number of hydrogen-bond donors (Lipinski definition) is 1. The lowest BCUT2D eigenvalue weighted by Gasteiger charge is -1.98. The summed E-state index contributed by atoms with van der Waals surface area (Å²) in [5.74, 6) is -0.862. The highest BCUT2D eigenvalue weighted by atomic mass is 35.5. The van der Waals surface area contributed by atoms with Crippen LogP contribution >= 0.6 is 23.7 Å². The highest BCUT2D eigenvalue weighted by Gasteiger charge is 2.12. The standard InChI is InChI=1S/C11H8O2S.ClH/c12-11(13)10-9(6-7-14-10)8-4-2-1-3-5-8;/h1-7H,(H,12,13);1H. The van der Waals surface area contributed by atoms with Gasteiger partial charge in [0.15, 0.2) is 0 Å². The molecule has 0 aliphatic rings. The van der Waals surface area contributed by atoms with Crippen molar-refractivity contribution in [3.63, 3.8) is 0 Å². The number of rotatable bonds is 2. The Balaban J connectivity index is 0.00000112. The van der Waals surface area contributed by atoms with E-state index in [0.29, 0.717) is 4.88 Å². The number of hydrogen-bond acceptors (Lipinski definition) is 2. The summed E-state index contributed by atoms with van der Waals surface area (Å²) >= 11 is 1.25. The van der Waals surface area contributed by atoms with E-state index in [1.165, 1.54) is 11.3 Å². The van der Waals surface area contributed by atoms with Crippen LogP contribution in [0, 0.1) is 0 Å². The van der Waals surface area contributed by atoms with Crippen molar-refractivity contribution < 1.29 is 9.90 Å². The molecule has 2 nitrogen and oxygen atoms in total. The Labute approximate surface area is 97.6 Å². The first kappa shape index (κ1) is 11.8. The van der Waals surface area contributed by atoms with Gasteiger partial charge in [-0.1, -0.05) is 30.3 Å². The first-order chi connectivity index (χ1) is 6.79. The minimum Gasteiger partial charge on any atom is -0.477 e. The molecular formula is C11H9ClO2S. The third-order valence-electron chi connectivity index (χ3n) is 1.94. The summed E-state index contributed by atoms with van der Waals surface area (Å²) in [4.78, 5) is 11.3. The quantitative estimate of drug-likeness (QED) is 0.872. The van der Waals surface area contributed by atoms with E-state index in [2.05, 4.69) is 0 Å². The van der Waals surface area contributed by atoms with Crippen LogP contribution in [0.15, 0.2) is 41.8 Å². The van der Waals surface area contributed by atoms with Crippen LogP contribution in [-0.2, 0) is 0 Å². The fourth-order valence-corrected chi connectivity index (χ4v) is 2.07. The highest BCUT2D eigenvalue weighted by Crippen LogP contribution is 2.27. The normalized spacial score (nSPS) is 9.33. The lowest BCUT2D eigenvalue weighted by Crippen LogP contribution is -1.93. The average Bonchev–Trinajstić information content (AvgIpc) is 2.67. The van der Waals surface area contributed by atoms with Gasteiger partial charge in [0.2, 0.25) is 0 Å². The lowest BCUT2D eigenvalue weighted by atomic mass is 10.1. The molecule has 1 aromatic carbocycles. The van der Waals surface area contributed by atoms with E-state index in [0.717, 1.165) is 11.1 Å². The van der Waals surface area contributed by atoms with Crippen LogP contribution in [0.5, 0.6) is 0 Å². The van der Waals surface area contributed by atoms with Crippen molar-refractivity contribution in [1.82, 2.24) is 0 Å². The molecule has 0 spiro atoms. The van der Waals surface area contributed by atoms with Gasteiger partial charge in [0.25, 0.3) is 0 Å². The Bertz CT molecular complexity index is 451. The van der Waals surface area contributed by atoms with Gasteiger partial charge in [-0.15, -0.1) is 23.7 Å². The molecule has 0 fully saturated rings. The van der Waals surface area contributed by atoms with Gasteiger partial charge in [-0.3, -0.25) is 0 Å². The van der Waals surface area contributed by atoms with Gasteiger partial charge in [0.05, 0.1) is 0 Å². The topological polar surface area (TPSA) is 37.3 Å². The first-order valence-corrected chi connectivity index (χ1v) is 5.03. The molecule has 4 heteroatoms. The SMILES string of the molecule is Cl.O=C(O)c1sccc1-c1ccccc1. The highest BCUT2D eigenvalue weighted by molar-refractivity contribution is 7.12. The molecule has 1 aromatic heterocycles. The second kappa shape index (κ2) is 4.96. The number of aromatic carboxylic acids is 1. The van der Waals surface area contributed by atoms with Crippen LogP contribution in [0.3, 0.4) is 0 Å². The van der Waals surface area contributed by atoms with Crippen LogP contribution < -0.4 is 0 Å². The predicted octanol–water partition coefficient (Wildman–Crippen LogP) is 3.54. The van der Waals surface area contributed by atoms with Crippen LogP contribution in [0.25, 0.3) is 11.1 Å². The van der Waals surface area contributed by atoms with Gasteiger partial charge < -0.3 is 5.11 Å². The fraction of sp³-hybridized carbons (Fsp3) is 0. The molecular weight excluding hydrogens is 232 g/mol. The molecule has 0 radical (unpaired) electrons. The Morgan fingerprint density at radius 3 is 2.40 bits per heavy atom. The van der Waals surface area contributed by atoms with Crippen molar-refractivity contribution in [2.75, 3.05) is 0 Å². The third kappa shape index (κ3) is 2.37. The van der Waals surface area contributed by atoms with Crippen LogP contribution in [0.2, 0.25) is 0 Å². The van der Waals surface area contributed by atoms with E-state index in [9.17, 15) is 4.79 Å². The van der Waals surface area contributed by atoms with E-state index >= 15 is 0 Å². The smallest absolute Gasteiger partial charge is 0.346 e. The van der Waals surface area contributed by atoms with E-state index < -0.39 is 5.97 Å². The van der Waals surface area contributed by atoms with Crippen molar-refractivity contribution >= 4 is 29.7 Å². The summed E-state index contributed by atoms with van der Waals surface area (Å²) in [5, 5.41) is 10.7. The molecule has 15 heavy (non-hydrogen) atoms. The minimum absolute atomic E-state index is 0. The molecule has 78 valence electrons. The zero-order valence-corrected chi connectivity index (χ0v) is 9.35. The van der Waals surface area contributed by atoms with Gasteiger partial charge >= 0.3 is 5.97 Å². The van der Waals surface area contributed by atoms with Crippen LogP contribution in [0.1, 0.15) is 9.67 Å². The monoisotopic (exact) mass is 240 g/mol. The molecule has 1 N–H and O–H groups in total. The van der Waals surface area contributed by atoms with Crippen molar-refractivity contribution in [2.45, 2.75) is 0 Å². The number of benzene rings is 1. The number of carbonyl (C=O) groups is 1. The second-order valence-electron chi connectivity index (χ2n) is 2.83. The summed E-state index contributed by atoms with van der Waals surface area (Å²) < 4.78 is 0. The third-order valence-corrected chi connectivity index (χ3v) is 2.85. The zero-order valence-electron chi connectivity index (χ0n) is 7.71. The summed E-state index contributed by atoms with van der Waals surface area (Å²) in [6.07, 6.45) is 0. The Morgan fingerprint density at radius 1 is 1.13 bits per heavy atom. The second-order valence-corrected chi connectivity index (χ2v) is 3.75. The number of carboxylic acids is 1. The Hall–Kier alpha value is -1.32. The maximum absolute atomic E-state index is 10.9. The van der Waals surface area contributed by atoms with Crippen molar-refractivity contribution in [2.24, 2.45) is 0 Å². The molecule has 0 saturated heterocycles. The minimum atomic E-state index is -0.862. The molecule has 2 rings (SSSR count). The molecule has 0 atom stereocenters. The summed E-state index contributed by atoms with van der Waals surface area (Å²) in [6.45, 7) is 0. The van der Waals surface area contributed by atoms with E-state index in [-0.39, 0.29) is 12.4 Å². The van der Waals surface area contributed by atoms with Crippen LogP contribution in [0.4, 0.5) is 0 Å². The number of carboxylic acid groups (broad SMARTS) is 1. The van der Waals surface area contributed by atoms with Gasteiger partial charge in [0, 0.05) is 5.56 Å². The van der Waals surface area contributed by atoms with Crippen LogP contribution in [-0.4, -0.2) is 11.1 Å². The predicted molar refractivity (Wildman–Crippen MR) is 64.0 cm³/mol. The molecule has 0 bridgehead atoms. The molecule has 0 aliphatic carbocycles. The molecule has 0 saturated carbocycles. The van der Waals surface area contributed by atoms with Gasteiger partial charge in [-0.05, 0) is 17.0 Å². The average molecular weight is 241 g/mol. The lowest BCUT2D eigenvalue weighted by molar-refractivity contribution is 0.0703. The fourth-order valence-electron chi connectivity index (χ4n) is 1.32. The van der Waals surface area contributed by atoms with E-state index in [1.807, 2.05) is 36.4 Å². The van der Waals surface area contributed by atoms with E-state index in [4.69, 9.17) is 5.11 Å². The molecule has 0 aliphatic heterocycles. The van der Waals surface area contributed by atoms with Crippen molar-refractivity contribution in [3.8, 4) is 11.1 Å². The largest absolute Gasteiger partial charge is 0.477 e. The van der Waals surface area contributed by atoms with E-state index in [1.54, 1.807) is 5.38 Å². The number of thiophene rings is 1. The summed E-state index contributed by atoms with van der Waals surface area (Å²) in [5.41, 5.74) is 1.74. The number of halogens is 1. The maximum Gasteiger partial charge on any atom is 0.346 e. The van der Waals surface area contributed by atoms with Crippen molar-refractivity contribution in [3.05, 3.63) is 46.7 Å². The van der Waals surface area contributed by atoms with Gasteiger partial charge in [-0.2, -0.15) is 0 Å². The summed E-state index contributed by atoms with van der Waals surface area (Å²) in [6, 6.07) is 11.4. The Kier molecular flexibility index (Phi) is 3.88. The molecule has 0 unspecified atom stereocenters. The van der Waals surface area contributed by atoms with Gasteiger partial charge in [-0.25, -0.2) is 4.79 Å². The van der Waals surface area contributed by atoms with Crippen molar-refractivity contribution in [1.29, 1.82) is 0 Å². The molecule has 0 amide bonds. The Morgan fingerprint density at radius 2 is 1.80 bits per heavy atom. The molecule has 2 aromatic rings. The summed E-state index contributed by atoms with van der Waals surface area (Å²) in [7, 11) is 0. The maximum atomic E-state index is 10.9. The first-order valence-electron chi connectivity index (χ1n) is 4.15. The molecule has 1 heterocycles.